The number of nitrogens with one attached hydrogen (secondary N) is 1. The van der Waals surface area contributed by atoms with Crippen LogP contribution in [-0.2, 0) is 14.1 Å². The van der Waals surface area contributed by atoms with Crippen LogP contribution in [0.15, 0.2) is 0 Å². The monoisotopic (exact) mass is 157 g/mol. The fourth-order valence-corrected chi connectivity index (χ4v) is 0.958. The zero-order valence-corrected chi connectivity index (χ0v) is 6.79. The van der Waals surface area contributed by atoms with Crippen molar-refractivity contribution in [1.82, 2.24) is 5.32 Å². The van der Waals surface area contributed by atoms with Gasteiger partial charge in [0.15, 0.2) is 0 Å². The molecule has 1 saturated heterocycles. The van der Waals surface area contributed by atoms with Gasteiger partial charge in [0.25, 0.3) is 0 Å². The molecule has 0 aromatic rings. The third-order valence-corrected chi connectivity index (χ3v) is 1.48. The molecule has 1 N–H and O–H groups in total. The van der Waals surface area contributed by atoms with Crippen LogP contribution in [0.3, 0.4) is 0 Å². The van der Waals surface area contributed by atoms with E-state index in [9.17, 15) is 4.79 Å². The predicted molar refractivity (Wildman–Crippen MR) is 41.1 cm³/mol. The van der Waals surface area contributed by atoms with Crippen LogP contribution in [0.2, 0.25) is 6.82 Å². The Hall–Kier alpha value is -0.545. The van der Waals surface area contributed by atoms with Crippen molar-refractivity contribution in [3.05, 3.63) is 0 Å². The van der Waals surface area contributed by atoms with Gasteiger partial charge in [-0.2, -0.15) is 0 Å². The number of rotatable bonds is 2. The second-order valence-corrected chi connectivity index (χ2v) is 2.42. The van der Waals surface area contributed by atoms with Crippen LogP contribution in [0.4, 0.5) is 0 Å². The van der Waals surface area contributed by atoms with Gasteiger partial charge in [-0.3, -0.25) is 4.79 Å². The van der Waals surface area contributed by atoms with Gasteiger partial charge in [-0.15, -0.1) is 0 Å². The zero-order chi connectivity index (χ0) is 8.27. The van der Waals surface area contributed by atoms with Crippen molar-refractivity contribution in [3.63, 3.8) is 0 Å². The lowest BCUT2D eigenvalue weighted by molar-refractivity contribution is -0.127. The maximum absolute atomic E-state index is 11.1. The molecule has 1 rings (SSSR count). The molecule has 1 aliphatic heterocycles. The van der Waals surface area contributed by atoms with E-state index >= 15 is 0 Å². The molecule has 1 fully saturated rings. The highest BCUT2D eigenvalue weighted by atomic mass is 16.6. The van der Waals surface area contributed by atoms with Gasteiger partial charge in [0.05, 0.1) is 6.61 Å². The third kappa shape index (κ3) is 2.20. The lowest BCUT2D eigenvalue weighted by atomic mass is 9.97. The van der Waals surface area contributed by atoms with Crippen molar-refractivity contribution < 1.29 is 14.1 Å². The van der Waals surface area contributed by atoms with E-state index in [1.165, 1.54) is 0 Å². The van der Waals surface area contributed by atoms with Crippen molar-refractivity contribution in [2.45, 2.75) is 19.9 Å². The van der Waals surface area contributed by atoms with Crippen molar-refractivity contribution >= 4 is 13.0 Å². The highest BCUT2D eigenvalue weighted by molar-refractivity contribution is 6.43. The van der Waals surface area contributed by atoms with Gasteiger partial charge in [-0.05, 0) is 13.7 Å². The molecular formula is C6H12BNO3. The fourth-order valence-electron chi connectivity index (χ4n) is 0.958. The Bertz CT molecular complexity index is 153. The van der Waals surface area contributed by atoms with E-state index in [4.69, 9.17) is 9.31 Å². The largest absolute Gasteiger partial charge is 0.454 e. The molecular weight excluding hydrogens is 145 g/mol. The highest BCUT2D eigenvalue weighted by Crippen LogP contribution is 2.07. The van der Waals surface area contributed by atoms with Gasteiger partial charge in [0.1, 0.15) is 6.10 Å². The van der Waals surface area contributed by atoms with Crippen LogP contribution in [0.25, 0.3) is 0 Å². The molecule has 1 unspecified atom stereocenters. The maximum Gasteiger partial charge on any atom is 0.454 e. The molecule has 0 aliphatic carbocycles. The lowest BCUT2D eigenvalue weighted by Crippen LogP contribution is -2.36. The maximum atomic E-state index is 11.1. The minimum Gasteiger partial charge on any atom is -0.408 e. The molecule has 0 spiro atoms. The molecule has 11 heavy (non-hydrogen) atoms. The van der Waals surface area contributed by atoms with Gasteiger partial charge >= 0.3 is 7.12 Å². The summed E-state index contributed by atoms with van der Waals surface area (Å²) in [5, 5.41) is 2.66. The molecule has 0 radical (unpaired) electrons. The van der Waals surface area contributed by atoms with Crippen molar-refractivity contribution in [3.8, 4) is 0 Å². The minimum absolute atomic E-state index is 0.0862. The van der Waals surface area contributed by atoms with Gasteiger partial charge in [-0.25, -0.2) is 0 Å². The summed E-state index contributed by atoms with van der Waals surface area (Å²) in [5.41, 5.74) is 0. The normalized spacial score (nSPS) is 23.8. The first-order chi connectivity index (χ1) is 5.24. The molecule has 1 heterocycles. The summed E-state index contributed by atoms with van der Waals surface area (Å²) in [5.74, 6) is -0.0862. The van der Waals surface area contributed by atoms with Crippen LogP contribution in [0.5, 0.6) is 0 Å². The summed E-state index contributed by atoms with van der Waals surface area (Å²) < 4.78 is 10.2. The summed E-state index contributed by atoms with van der Waals surface area (Å²) in [6.45, 7) is 4.65. The molecule has 0 saturated carbocycles. The van der Waals surface area contributed by atoms with Crippen LogP contribution >= 0.6 is 0 Å². The van der Waals surface area contributed by atoms with E-state index in [1.807, 2.05) is 6.92 Å². The Kier molecular flexibility index (Phi) is 2.90. The van der Waals surface area contributed by atoms with Crippen LogP contribution in [-0.4, -0.2) is 32.3 Å². The van der Waals surface area contributed by atoms with Gasteiger partial charge in [-0.1, -0.05) is 0 Å². The van der Waals surface area contributed by atoms with Crippen molar-refractivity contribution in [2.24, 2.45) is 0 Å². The molecule has 1 atom stereocenters. The standard InChI is InChI=1S/C6H12BNO3/c1-3-8-6(9)5-4-10-7(2)11-5/h5H,3-4H2,1-2H3,(H,8,9). The average molecular weight is 157 g/mol. The van der Waals surface area contributed by atoms with E-state index in [2.05, 4.69) is 5.32 Å². The number of carbonyl (C=O) groups excluding carboxylic acids is 1. The molecule has 0 aromatic heterocycles. The third-order valence-electron chi connectivity index (χ3n) is 1.48. The number of hydrogen-bond donors (Lipinski definition) is 1. The molecule has 4 nitrogen and oxygen atoms in total. The number of likely N-dealkylation sites (N-methyl/N-ethyl adjacent to an activating group) is 1. The topological polar surface area (TPSA) is 47.6 Å². The quantitative estimate of drug-likeness (QED) is 0.557. The Morgan fingerprint density at radius 3 is 3.00 bits per heavy atom. The number of carbonyl (C=O) groups is 1. The van der Waals surface area contributed by atoms with Crippen molar-refractivity contribution in [1.29, 1.82) is 0 Å². The molecule has 62 valence electrons. The number of hydrogen-bond acceptors (Lipinski definition) is 3. The smallest absolute Gasteiger partial charge is 0.408 e. The molecule has 0 bridgehead atoms. The summed E-state index contributed by atoms with van der Waals surface area (Å²) in [6.07, 6.45) is -0.412. The lowest BCUT2D eigenvalue weighted by Gasteiger charge is -2.07. The Balaban J connectivity index is 2.31. The van der Waals surface area contributed by atoms with E-state index in [1.54, 1.807) is 6.82 Å². The van der Waals surface area contributed by atoms with Crippen LogP contribution < -0.4 is 5.32 Å². The summed E-state index contributed by atoms with van der Waals surface area (Å²) >= 11 is 0. The number of amides is 1. The first kappa shape index (κ1) is 8.55. The van der Waals surface area contributed by atoms with Gasteiger partial charge in [0.2, 0.25) is 5.91 Å². The second kappa shape index (κ2) is 3.73. The van der Waals surface area contributed by atoms with Crippen molar-refractivity contribution in [2.75, 3.05) is 13.2 Å². The Morgan fingerprint density at radius 1 is 1.82 bits per heavy atom. The summed E-state index contributed by atoms with van der Waals surface area (Å²) in [4.78, 5) is 11.1. The predicted octanol–water partition coefficient (Wildman–Crippen LogP) is -0.344. The van der Waals surface area contributed by atoms with E-state index in [0.29, 0.717) is 13.2 Å². The van der Waals surface area contributed by atoms with Gasteiger partial charge < -0.3 is 14.6 Å². The Labute approximate surface area is 66.4 Å². The van der Waals surface area contributed by atoms with E-state index in [-0.39, 0.29) is 13.0 Å². The highest BCUT2D eigenvalue weighted by Gasteiger charge is 2.31. The SMILES string of the molecule is CCNC(=O)C1COB(C)O1. The zero-order valence-electron chi connectivity index (χ0n) is 6.79. The first-order valence-electron chi connectivity index (χ1n) is 3.78. The average Bonchev–Trinajstić information content (AvgIpc) is 2.36. The first-order valence-corrected chi connectivity index (χ1v) is 3.78. The van der Waals surface area contributed by atoms with E-state index < -0.39 is 6.10 Å². The molecule has 5 heteroatoms. The molecule has 1 aliphatic rings. The van der Waals surface area contributed by atoms with Crippen LogP contribution in [0, 0.1) is 0 Å². The summed E-state index contributed by atoms with van der Waals surface area (Å²) in [7, 11) is -0.248. The van der Waals surface area contributed by atoms with Gasteiger partial charge in [0, 0.05) is 6.54 Å². The van der Waals surface area contributed by atoms with Crippen LogP contribution in [0.1, 0.15) is 6.92 Å². The van der Waals surface area contributed by atoms with E-state index in [0.717, 1.165) is 0 Å². The Morgan fingerprint density at radius 2 is 2.55 bits per heavy atom. The second-order valence-electron chi connectivity index (χ2n) is 2.42. The molecule has 0 aromatic carbocycles. The minimum atomic E-state index is -0.412. The summed E-state index contributed by atoms with van der Waals surface area (Å²) in [6, 6.07) is 0. The molecule has 1 amide bonds. The fraction of sp³-hybridized carbons (Fsp3) is 0.833.